The first-order chi connectivity index (χ1) is 12.2. The van der Waals surface area contributed by atoms with Crippen LogP contribution in [0.2, 0.25) is 0 Å². The summed E-state index contributed by atoms with van der Waals surface area (Å²) in [5, 5.41) is 6.26. The zero-order valence-corrected chi connectivity index (χ0v) is 14.9. The van der Waals surface area contributed by atoms with Crippen molar-refractivity contribution in [1.29, 1.82) is 0 Å². The summed E-state index contributed by atoms with van der Waals surface area (Å²) < 4.78 is 5.54. The second-order valence-electron chi connectivity index (χ2n) is 7.41. The molecule has 5 heteroatoms. The summed E-state index contributed by atoms with van der Waals surface area (Å²) in [6, 6.07) is -0.229. The lowest BCUT2D eigenvalue weighted by atomic mass is 9.97. The standard InChI is InChI=1S/C20H30N2O3/c23-19(15-9-5-1-2-6-10-15)21-17-13-25-14-18(17)22-20(24)16-11-7-3-4-8-12-16/h1-4,15-18H,5-14H2,(H,21,23)(H,22,24)/t17-,18+. The number of rotatable bonds is 4. The molecule has 3 rings (SSSR count). The smallest absolute Gasteiger partial charge is 0.223 e. The van der Waals surface area contributed by atoms with Crippen LogP contribution in [-0.2, 0) is 14.3 Å². The highest BCUT2D eigenvalue weighted by molar-refractivity contribution is 5.80. The SMILES string of the molecule is O=C(N[C@H]1COC[C@H]1NC(=O)C1CCC=CCC1)C1CCC=CCC1. The third kappa shape index (κ3) is 5.18. The molecule has 25 heavy (non-hydrogen) atoms. The highest BCUT2D eigenvalue weighted by Crippen LogP contribution is 2.21. The van der Waals surface area contributed by atoms with Gasteiger partial charge in [-0.15, -0.1) is 0 Å². The number of hydrogen-bond acceptors (Lipinski definition) is 3. The molecule has 1 fully saturated rings. The van der Waals surface area contributed by atoms with Gasteiger partial charge < -0.3 is 15.4 Å². The second kappa shape index (κ2) is 9.18. The summed E-state index contributed by atoms with van der Waals surface area (Å²) in [6.45, 7) is 0.960. The normalized spacial score (nSPS) is 28.3. The molecule has 0 aromatic carbocycles. The molecule has 2 atom stereocenters. The van der Waals surface area contributed by atoms with E-state index in [1.165, 1.54) is 0 Å². The Balaban J connectivity index is 1.49. The molecule has 5 nitrogen and oxygen atoms in total. The number of ether oxygens (including phenoxy) is 1. The number of nitrogens with one attached hydrogen (secondary N) is 2. The fraction of sp³-hybridized carbons (Fsp3) is 0.700. The molecule has 0 unspecified atom stereocenters. The largest absolute Gasteiger partial charge is 0.377 e. The van der Waals surface area contributed by atoms with Gasteiger partial charge in [0.25, 0.3) is 0 Å². The van der Waals surface area contributed by atoms with Crippen LogP contribution in [0.1, 0.15) is 51.4 Å². The molecule has 3 aliphatic rings. The van der Waals surface area contributed by atoms with Crippen LogP contribution < -0.4 is 10.6 Å². The fourth-order valence-electron chi connectivity index (χ4n) is 3.91. The Morgan fingerprint density at radius 3 is 1.40 bits per heavy atom. The molecule has 0 radical (unpaired) electrons. The van der Waals surface area contributed by atoms with Crippen molar-refractivity contribution in [2.24, 2.45) is 11.8 Å². The maximum atomic E-state index is 12.6. The average Bonchev–Trinajstić information content (AvgIpc) is 2.86. The topological polar surface area (TPSA) is 67.4 Å². The van der Waals surface area contributed by atoms with Crippen molar-refractivity contribution in [3.8, 4) is 0 Å². The first kappa shape index (κ1) is 18.2. The Bertz CT molecular complexity index is 463. The minimum absolute atomic E-state index is 0.0693. The van der Waals surface area contributed by atoms with Gasteiger partial charge in [0.05, 0.1) is 25.3 Å². The minimum Gasteiger partial charge on any atom is -0.377 e. The Kier molecular flexibility index (Phi) is 6.68. The Morgan fingerprint density at radius 1 is 0.680 bits per heavy atom. The zero-order chi connectivity index (χ0) is 17.5. The van der Waals surface area contributed by atoms with Gasteiger partial charge in [0, 0.05) is 11.8 Å². The van der Waals surface area contributed by atoms with E-state index >= 15 is 0 Å². The van der Waals surface area contributed by atoms with E-state index in [4.69, 9.17) is 4.74 Å². The summed E-state index contributed by atoms with van der Waals surface area (Å²) in [7, 11) is 0. The van der Waals surface area contributed by atoms with Gasteiger partial charge in [-0.25, -0.2) is 0 Å². The quantitative estimate of drug-likeness (QED) is 0.769. The van der Waals surface area contributed by atoms with Crippen molar-refractivity contribution in [2.75, 3.05) is 13.2 Å². The Morgan fingerprint density at radius 2 is 1.04 bits per heavy atom. The highest BCUT2D eigenvalue weighted by atomic mass is 16.5. The van der Waals surface area contributed by atoms with Crippen LogP contribution in [0, 0.1) is 11.8 Å². The van der Waals surface area contributed by atoms with E-state index < -0.39 is 0 Å². The molecule has 1 aliphatic heterocycles. The maximum Gasteiger partial charge on any atom is 0.223 e. The number of hydrogen-bond donors (Lipinski definition) is 2. The van der Waals surface area contributed by atoms with Crippen LogP contribution in [-0.4, -0.2) is 37.1 Å². The predicted octanol–water partition coefficient (Wildman–Crippen LogP) is 2.48. The van der Waals surface area contributed by atoms with Gasteiger partial charge in [-0.3, -0.25) is 9.59 Å². The van der Waals surface area contributed by atoms with Crippen molar-refractivity contribution in [1.82, 2.24) is 10.6 Å². The highest BCUT2D eigenvalue weighted by Gasteiger charge is 2.33. The summed E-state index contributed by atoms with van der Waals surface area (Å²) in [6.07, 6.45) is 16.1. The van der Waals surface area contributed by atoms with Crippen molar-refractivity contribution in [3.05, 3.63) is 24.3 Å². The molecule has 1 saturated heterocycles. The number of carbonyl (C=O) groups excluding carboxylic acids is 2. The van der Waals surface area contributed by atoms with Gasteiger partial charge in [-0.05, 0) is 51.4 Å². The monoisotopic (exact) mass is 346 g/mol. The first-order valence-electron chi connectivity index (χ1n) is 9.72. The van der Waals surface area contributed by atoms with Gasteiger partial charge in [0.1, 0.15) is 0 Å². The molecular formula is C20H30N2O3. The number of amides is 2. The van der Waals surface area contributed by atoms with Crippen molar-refractivity contribution >= 4 is 11.8 Å². The molecule has 0 spiro atoms. The van der Waals surface area contributed by atoms with E-state index in [1.807, 2.05) is 0 Å². The summed E-state index contributed by atoms with van der Waals surface area (Å²) in [5.41, 5.74) is 0. The van der Waals surface area contributed by atoms with E-state index in [-0.39, 0.29) is 35.7 Å². The third-order valence-corrected chi connectivity index (χ3v) is 5.54. The first-order valence-corrected chi connectivity index (χ1v) is 9.72. The second-order valence-corrected chi connectivity index (χ2v) is 7.41. The Labute approximate surface area is 150 Å². The van der Waals surface area contributed by atoms with Gasteiger partial charge in [0.2, 0.25) is 11.8 Å². The molecule has 138 valence electrons. The zero-order valence-electron chi connectivity index (χ0n) is 14.9. The molecule has 2 aliphatic carbocycles. The molecule has 1 heterocycles. The summed E-state index contributed by atoms with van der Waals surface area (Å²) in [5.74, 6) is 0.356. The maximum absolute atomic E-state index is 12.6. The molecule has 2 N–H and O–H groups in total. The van der Waals surface area contributed by atoms with Gasteiger partial charge >= 0.3 is 0 Å². The number of carbonyl (C=O) groups is 2. The summed E-state index contributed by atoms with van der Waals surface area (Å²) >= 11 is 0. The third-order valence-electron chi connectivity index (χ3n) is 5.54. The van der Waals surface area contributed by atoms with Crippen molar-refractivity contribution in [2.45, 2.75) is 63.5 Å². The van der Waals surface area contributed by atoms with E-state index in [0.29, 0.717) is 13.2 Å². The molecule has 0 aromatic heterocycles. The van der Waals surface area contributed by atoms with Crippen LogP contribution in [0.4, 0.5) is 0 Å². The lowest BCUT2D eigenvalue weighted by Crippen LogP contribution is -2.53. The van der Waals surface area contributed by atoms with Crippen LogP contribution in [0.5, 0.6) is 0 Å². The lowest BCUT2D eigenvalue weighted by Gasteiger charge is -2.24. The van der Waals surface area contributed by atoms with Crippen LogP contribution >= 0.6 is 0 Å². The van der Waals surface area contributed by atoms with E-state index in [0.717, 1.165) is 51.4 Å². The number of allylic oxidation sites excluding steroid dienone is 4. The molecule has 0 bridgehead atoms. The van der Waals surface area contributed by atoms with E-state index in [1.54, 1.807) is 0 Å². The average molecular weight is 346 g/mol. The predicted molar refractivity (Wildman–Crippen MR) is 96.9 cm³/mol. The van der Waals surface area contributed by atoms with Crippen LogP contribution in [0.25, 0.3) is 0 Å². The van der Waals surface area contributed by atoms with Crippen molar-refractivity contribution in [3.63, 3.8) is 0 Å². The van der Waals surface area contributed by atoms with E-state index in [9.17, 15) is 9.59 Å². The molecule has 2 amide bonds. The molecular weight excluding hydrogens is 316 g/mol. The van der Waals surface area contributed by atoms with Gasteiger partial charge in [0.15, 0.2) is 0 Å². The van der Waals surface area contributed by atoms with Crippen molar-refractivity contribution < 1.29 is 14.3 Å². The minimum atomic E-state index is -0.114. The Hall–Kier alpha value is -1.62. The molecule has 0 saturated carbocycles. The fourth-order valence-corrected chi connectivity index (χ4v) is 3.91. The van der Waals surface area contributed by atoms with Crippen LogP contribution in [0.3, 0.4) is 0 Å². The molecule has 0 aromatic rings. The van der Waals surface area contributed by atoms with Gasteiger partial charge in [-0.2, -0.15) is 0 Å². The van der Waals surface area contributed by atoms with E-state index in [2.05, 4.69) is 34.9 Å². The van der Waals surface area contributed by atoms with Crippen LogP contribution in [0.15, 0.2) is 24.3 Å². The summed E-state index contributed by atoms with van der Waals surface area (Å²) in [4.78, 5) is 25.1. The van der Waals surface area contributed by atoms with Gasteiger partial charge in [-0.1, -0.05) is 24.3 Å². The lowest BCUT2D eigenvalue weighted by molar-refractivity contribution is -0.128.